The second-order valence-corrected chi connectivity index (χ2v) is 7.39. The Morgan fingerprint density at radius 2 is 2.10 bits per heavy atom. The first-order valence-electron chi connectivity index (χ1n) is 7.22. The van der Waals surface area contributed by atoms with Crippen LogP contribution in [0.25, 0.3) is 0 Å². The Hall–Kier alpha value is -1.40. The van der Waals surface area contributed by atoms with Gasteiger partial charge in [0.15, 0.2) is 0 Å². The zero-order valence-electron chi connectivity index (χ0n) is 12.3. The van der Waals surface area contributed by atoms with Gasteiger partial charge in [-0.15, -0.1) is 0 Å². The van der Waals surface area contributed by atoms with Gasteiger partial charge < -0.3 is 5.11 Å². The first kappa shape index (κ1) is 16.0. The van der Waals surface area contributed by atoms with Crippen LogP contribution in [0.5, 0.6) is 0 Å². The highest BCUT2D eigenvalue weighted by Gasteiger charge is 2.26. The molecule has 0 amide bonds. The third kappa shape index (κ3) is 4.04. The summed E-state index contributed by atoms with van der Waals surface area (Å²) in [6.07, 6.45) is 3.71. The van der Waals surface area contributed by atoms with Crippen molar-refractivity contribution in [3.05, 3.63) is 29.3 Å². The van der Waals surface area contributed by atoms with Gasteiger partial charge in [-0.2, -0.15) is 0 Å². The molecule has 0 saturated heterocycles. The number of carboxylic acid groups (broad SMARTS) is 1. The Kier molecular flexibility index (Phi) is 4.68. The number of carbonyl (C=O) groups is 1. The van der Waals surface area contributed by atoms with Gasteiger partial charge in [0.25, 0.3) is 0 Å². The van der Waals surface area contributed by atoms with Gasteiger partial charge in [-0.3, -0.25) is 0 Å². The van der Waals surface area contributed by atoms with Crippen molar-refractivity contribution >= 4 is 16.0 Å². The maximum atomic E-state index is 12.3. The zero-order valence-corrected chi connectivity index (χ0v) is 13.1. The van der Waals surface area contributed by atoms with Gasteiger partial charge >= 0.3 is 5.97 Å². The monoisotopic (exact) mass is 311 g/mol. The third-order valence-corrected chi connectivity index (χ3v) is 5.33. The Morgan fingerprint density at radius 3 is 2.62 bits per heavy atom. The van der Waals surface area contributed by atoms with Gasteiger partial charge in [-0.25, -0.2) is 17.9 Å². The average molecular weight is 311 g/mol. The molecule has 0 aliphatic heterocycles. The van der Waals surface area contributed by atoms with Gasteiger partial charge in [0, 0.05) is 6.04 Å². The summed E-state index contributed by atoms with van der Waals surface area (Å²) in [6.45, 7) is 3.68. The summed E-state index contributed by atoms with van der Waals surface area (Å²) >= 11 is 0. The Labute approximate surface area is 125 Å². The highest BCUT2D eigenvalue weighted by molar-refractivity contribution is 7.89. The van der Waals surface area contributed by atoms with E-state index in [-0.39, 0.29) is 16.5 Å². The molecule has 0 aromatic heterocycles. The number of hydrogen-bond donors (Lipinski definition) is 2. The fraction of sp³-hybridized carbons (Fsp3) is 0.533. The van der Waals surface area contributed by atoms with Crippen LogP contribution in [0, 0.1) is 5.92 Å². The lowest BCUT2D eigenvalue weighted by Crippen LogP contribution is -2.33. The van der Waals surface area contributed by atoms with E-state index in [1.807, 2.05) is 13.8 Å². The lowest BCUT2D eigenvalue weighted by molar-refractivity contribution is 0.0695. The van der Waals surface area contributed by atoms with E-state index in [1.54, 1.807) is 6.07 Å². The van der Waals surface area contributed by atoms with E-state index in [2.05, 4.69) is 4.72 Å². The molecule has 0 heterocycles. The second kappa shape index (κ2) is 6.15. The number of rotatable bonds is 7. The average Bonchev–Trinajstić information content (AvgIpc) is 3.20. The number of hydrogen-bond acceptors (Lipinski definition) is 3. The number of nitrogens with one attached hydrogen (secondary N) is 1. The summed E-state index contributed by atoms with van der Waals surface area (Å²) < 4.78 is 27.3. The number of aryl methyl sites for hydroxylation is 1. The van der Waals surface area contributed by atoms with Crippen LogP contribution in [0.15, 0.2) is 23.1 Å². The predicted octanol–water partition coefficient (Wildman–Crippen LogP) is 2.41. The van der Waals surface area contributed by atoms with Crippen LogP contribution in [0.1, 0.15) is 49.0 Å². The van der Waals surface area contributed by atoms with Gasteiger partial charge in [0.2, 0.25) is 10.0 Å². The van der Waals surface area contributed by atoms with Crippen LogP contribution in [-0.2, 0) is 16.4 Å². The minimum Gasteiger partial charge on any atom is -0.478 e. The SMILES string of the molecule is CCc1ccc(S(=O)(=O)NC(C)CC2CC2)cc1C(=O)O. The van der Waals surface area contributed by atoms with Crippen molar-refractivity contribution in [1.29, 1.82) is 0 Å². The quantitative estimate of drug-likeness (QED) is 0.810. The van der Waals surface area contributed by atoms with Gasteiger partial charge in [0.1, 0.15) is 0 Å². The summed E-state index contributed by atoms with van der Waals surface area (Å²) in [5, 5.41) is 9.18. The molecule has 1 atom stereocenters. The van der Waals surface area contributed by atoms with Gasteiger partial charge in [-0.05, 0) is 43.4 Å². The van der Waals surface area contributed by atoms with Crippen molar-refractivity contribution in [2.45, 2.75) is 50.5 Å². The second-order valence-electron chi connectivity index (χ2n) is 5.68. The van der Waals surface area contributed by atoms with Crippen molar-refractivity contribution < 1.29 is 18.3 Å². The predicted molar refractivity (Wildman–Crippen MR) is 79.9 cm³/mol. The lowest BCUT2D eigenvalue weighted by Gasteiger charge is -2.14. The van der Waals surface area contributed by atoms with Gasteiger partial charge in [0.05, 0.1) is 10.5 Å². The smallest absolute Gasteiger partial charge is 0.336 e. The molecule has 21 heavy (non-hydrogen) atoms. The Bertz CT molecular complexity index is 635. The number of carboxylic acids is 1. The van der Waals surface area contributed by atoms with Crippen molar-refractivity contribution in [3.8, 4) is 0 Å². The van der Waals surface area contributed by atoms with E-state index in [0.717, 1.165) is 6.42 Å². The molecule has 1 aromatic rings. The number of sulfonamides is 1. The summed E-state index contributed by atoms with van der Waals surface area (Å²) in [5.74, 6) is -0.477. The van der Waals surface area contributed by atoms with E-state index in [1.165, 1.54) is 25.0 Å². The molecule has 1 fully saturated rings. The first-order chi connectivity index (χ1) is 9.83. The molecule has 0 bridgehead atoms. The van der Waals surface area contributed by atoms with Crippen molar-refractivity contribution in [2.75, 3.05) is 0 Å². The molecule has 0 radical (unpaired) electrons. The van der Waals surface area contributed by atoms with E-state index < -0.39 is 16.0 Å². The molecular formula is C15H21NO4S. The first-order valence-corrected chi connectivity index (χ1v) is 8.70. The maximum Gasteiger partial charge on any atom is 0.336 e. The molecule has 1 saturated carbocycles. The Morgan fingerprint density at radius 1 is 1.43 bits per heavy atom. The third-order valence-electron chi connectivity index (χ3n) is 3.74. The standard InChI is InChI=1S/C15H21NO4S/c1-3-12-6-7-13(9-14(12)15(17)18)21(19,20)16-10(2)8-11-4-5-11/h6-7,9-11,16H,3-5,8H2,1-2H3,(H,17,18). The number of aromatic carboxylic acids is 1. The van der Waals surface area contributed by atoms with E-state index in [4.69, 9.17) is 0 Å². The summed E-state index contributed by atoms with van der Waals surface area (Å²) in [5.41, 5.74) is 0.683. The molecule has 6 heteroatoms. The van der Waals surface area contributed by atoms with Crippen LogP contribution in [-0.4, -0.2) is 25.5 Å². The van der Waals surface area contributed by atoms with Crippen LogP contribution in [0.4, 0.5) is 0 Å². The fourth-order valence-corrected chi connectivity index (χ4v) is 3.75. The minimum atomic E-state index is -3.67. The molecule has 2 rings (SSSR count). The lowest BCUT2D eigenvalue weighted by atomic mass is 10.1. The van der Waals surface area contributed by atoms with Crippen molar-refractivity contribution in [2.24, 2.45) is 5.92 Å². The Balaban J connectivity index is 2.22. The van der Waals surface area contributed by atoms with Crippen molar-refractivity contribution in [1.82, 2.24) is 4.72 Å². The summed E-state index contributed by atoms with van der Waals surface area (Å²) in [6, 6.07) is 4.15. The van der Waals surface area contributed by atoms with Crippen LogP contribution >= 0.6 is 0 Å². The molecule has 0 spiro atoms. The zero-order chi connectivity index (χ0) is 15.6. The van der Waals surface area contributed by atoms with E-state index >= 15 is 0 Å². The summed E-state index contributed by atoms with van der Waals surface area (Å²) in [4.78, 5) is 11.2. The van der Waals surface area contributed by atoms with Crippen LogP contribution in [0.3, 0.4) is 0 Å². The molecule has 1 aliphatic carbocycles. The molecule has 1 aliphatic rings. The highest BCUT2D eigenvalue weighted by atomic mass is 32.2. The fourth-order valence-electron chi connectivity index (χ4n) is 2.46. The van der Waals surface area contributed by atoms with Crippen molar-refractivity contribution in [3.63, 3.8) is 0 Å². The molecule has 116 valence electrons. The van der Waals surface area contributed by atoms with Crippen LogP contribution in [0.2, 0.25) is 0 Å². The molecule has 1 unspecified atom stereocenters. The highest BCUT2D eigenvalue weighted by Crippen LogP contribution is 2.33. The normalized spacial score (nSPS) is 16.7. The molecule has 1 aromatic carbocycles. The van der Waals surface area contributed by atoms with Crippen LogP contribution < -0.4 is 4.72 Å². The molecular weight excluding hydrogens is 290 g/mol. The minimum absolute atomic E-state index is 0.0137. The number of benzene rings is 1. The molecule has 5 nitrogen and oxygen atoms in total. The van der Waals surface area contributed by atoms with E-state index in [0.29, 0.717) is 17.9 Å². The summed E-state index contributed by atoms with van der Waals surface area (Å²) in [7, 11) is -3.67. The van der Waals surface area contributed by atoms with E-state index in [9.17, 15) is 18.3 Å². The maximum absolute atomic E-state index is 12.3. The molecule has 2 N–H and O–H groups in total. The van der Waals surface area contributed by atoms with Gasteiger partial charge in [-0.1, -0.05) is 25.8 Å². The topological polar surface area (TPSA) is 83.5 Å². The largest absolute Gasteiger partial charge is 0.478 e.